The Balaban J connectivity index is 0.000000526. The van der Waals surface area contributed by atoms with E-state index in [9.17, 15) is 0 Å². The van der Waals surface area contributed by atoms with Gasteiger partial charge in [0.1, 0.15) is 5.52 Å². The minimum atomic E-state index is 0.726. The summed E-state index contributed by atoms with van der Waals surface area (Å²) in [4.78, 5) is 9.65. The fourth-order valence-corrected chi connectivity index (χ4v) is 3.06. The number of nitrogens with zero attached hydrogens (tertiary/aromatic N) is 3. The zero-order valence-corrected chi connectivity index (χ0v) is 15.1. The lowest BCUT2D eigenvalue weighted by atomic mass is 10.2. The van der Waals surface area contributed by atoms with Crippen LogP contribution in [0.4, 0.5) is 0 Å². The molecule has 0 saturated heterocycles. The lowest BCUT2D eigenvalue weighted by Crippen LogP contribution is -1.96. The third kappa shape index (κ3) is 2.83. The Morgan fingerprint density at radius 3 is 2.50 bits per heavy atom. The topological polar surface area (TPSA) is 42.7 Å². The summed E-state index contributed by atoms with van der Waals surface area (Å²) in [6.45, 7) is 5.04. The van der Waals surface area contributed by atoms with Gasteiger partial charge in [-0.3, -0.25) is 0 Å². The maximum atomic E-state index is 6.16. The van der Waals surface area contributed by atoms with Gasteiger partial charge in [-0.15, -0.1) is 0 Å². The van der Waals surface area contributed by atoms with Gasteiger partial charge in [-0.05, 0) is 63.8 Å². The molecule has 0 aliphatic carbocycles. The van der Waals surface area contributed by atoms with E-state index in [0.717, 1.165) is 44.7 Å². The number of hydrogen-bond donors (Lipinski definition) is 1. The average molecular weight is 341 g/mol. The first-order chi connectivity index (χ1) is 11.6. The highest BCUT2D eigenvalue weighted by Crippen LogP contribution is 2.30. The highest BCUT2D eigenvalue weighted by Gasteiger charge is 2.13. The van der Waals surface area contributed by atoms with Crippen molar-refractivity contribution in [2.24, 2.45) is 0 Å². The van der Waals surface area contributed by atoms with Crippen LogP contribution >= 0.6 is 11.6 Å². The summed E-state index contributed by atoms with van der Waals surface area (Å²) in [6, 6.07) is 12.1. The predicted molar refractivity (Wildman–Crippen MR) is 103 cm³/mol. The molecular weight excluding hydrogens is 320 g/mol. The summed E-state index contributed by atoms with van der Waals surface area (Å²) in [5.41, 5.74) is 6.02. The Kier molecular flexibility index (Phi) is 4.69. The molecule has 0 unspecified atom stereocenters. The summed E-state index contributed by atoms with van der Waals surface area (Å²) < 4.78 is 2.19. The van der Waals surface area contributed by atoms with E-state index in [1.54, 1.807) is 0 Å². The highest BCUT2D eigenvalue weighted by atomic mass is 35.5. The predicted octanol–water partition coefficient (Wildman–Crippen LogP) is 4.56. The second-order valence-electron chi connectivity index (χ2n) is 5.79. The Labute approximate surface area is 146 Å². The molecule has 4 aromatic rings. The molecule has 0 saturated carbocycles. The number of benzene rings is 2. The van der Waals surface area contributed by atoms with Gasteiger partial charge in [0.2, 0.25) is 0 Å². The summed E-state index contributed by atoms with van der Waals surface area (Å²) in [5, 5.41) is 4.54. The minimum absolute atomic E-state index is 0.726. The summed E-state index contributed by atoms with van der Waals surface area (Å²) in [5.74, 6) is 0. The fraction of sp³-hybridized carbons (Fsp3) is 0.263. The summed E-state index contributed by atoms with van der Waals surface area (Å²) in [6.07, 6.45) is 0. The van der Waals surface area contributed by atoms with Crippen molar-refractivity contribution in [1.29, 1.82) is 0 Å². The molecule has 4 nitrogen and oxygen atoms in total. The van der Waals surface area contributed by atoms with Gasteiger partial charge >= 0.3 is 0 Å². The van der Waals surface area contributed by atoms with Crippen LogP contribution in [0, 0.1) is 6.92 Å². The molecule has 0 fully saturated rings. The van der Waals surface area contributed by atoms with Gasteiger partial charge in [-0.2, -0.15) is 0 Å². The van der Waals surface area contributed by atoms with Crippen LogP contribution in [-0.2, 0) is 6.54 Å². The summed E-state index contributed by atoms with van der Waals surface area (Å²) >= 11 is 6.16. The number of halogens is 1. The zero-order valence-electron chi connectivity index (χ0n) is 14.4. The molecule has 0 atom stereocenters. The molecule has 2 aromatic carbocycles. The molecule has 124 valence electrons. The van der Waals surface area contributed by atoms with Crippen molar-refractivity contribution >= 4 is 44.7 Å². The van der Waals surface area contributed by atoms with Gasteiger partial charge in [0.25, 0.3) is 0 Å². The van der Waals surface area contributed by atoms with E-state index < -0.39 is 0 Å². The summed E-state index contributed by atoms with van der Waals surface area (Å²) in [7, 11) is 3.75. The van der Waals surface area contributed by atoms with Crippen LogP contribution in [0.25, 0.3) is 33.1 Å². The molecule has 0 radical (unpaired) electrons. The number of aromatic nitrogens is 3. The van der Waals surface area contributed by atoms with E-state index in [2.05, 4.69) is 35.9 Å². The lowest BCUT2D eigenvalue weighted by molar-refractivity contribution is 0.817. The molecule has 4 rings (SSSR count). The van der Waals surface area contributed by atoms with E-state index in [1.165, 1.54) is 5.56 Å². The van der Waals surface area contributed by atoms with Crippen molar-refractivity contribution in [2.75, 3.05) is 14.1 Å². The van der Waals surface area contributed by atoms with Gasteiger partial charge in [0, 0.05) is 17.0 Å². The first kappa shape index (κ1) is 16.7. The molecule has 2 aromatic heterocycles. The Bertz CT molecular complexity index is 1020. The molecule has 0 bridgehead atoms. The Morgan fingerprint density at radius 2 is 1.79 bits per heavy atom. The van der Waals surface area contributed by atoms with Crippen LogP contribution in [-0.4, -0.2) is 28.6 Å². The second kappa shape index (κ2) is 6.75. The van der Waals surface area contributed by atoms with E-state index >= 15 is 0 Å². The highest BCUT2D eigenvalue weighted by molar-refractivity contribution is 6.31. The first-order valence-corrected chi connectivity index (χ1v) is 8.41. The molecule has 0 aliphatic rings. The van der Waals surface area contributed by atoms with Crippen LogP contribution < -0.4 is 5.32 Å². The smallest absolute Gasteiger partial charge is 0.160 e. The van der Waals surface area contributed by atoms with Crippen molar-refractivity contribution in [3.05, 3.63) is 47.0 Å². The zero-order chi connectivity index (χ0) is 17.3. The number of aryl methyl sites for hydroxylation is 2. The van der Waals surface area contributed by atoms with Gasteiger partial charge in [-0.1, -0.05) is 17.7 Å². The average Bonchev–Trinajstić information content (AvgIpc) is 2.85. The fourth-order valence-electron chi connectivity index (χ4n) is 2.89. The molecule has 0 aliphatic heterocycles. The molecule has 2 heterocycles. The third-order valence-corrected chi connectivity index (χ3v) is 4.11. The SMILES string of the molecule is CCn1c2ccc(Cl)cc2c2nc3cc(C)ccc3nc21.CNC. The maximum absolute atomic E-state index is 6.16. The van der Waals surface area contributed by atoms with Crippen molar-refractivity contribution < 1.29 is 0 Å². The molecular formula is C19H21ClN4. The standard InChI is InChI=1S/C17H14ClN3.C2H7N/c1-3-21-15-7-5-11(18)9-12(15)16-17(21)20-13-6-4-10(2)8-14(13)19-16;1-3-2/h4-9H,3H2,1-2H3;3H,1-2H3. The van der Waals surface area contributed by atoms with E-state index in [0.29, 0.717) is 0 Å². The molecule has 5 heteroatoms. The van der Waals surface area contributed by atoms with Crippen LogP contribution in [0.3, 0.4) is 0 Å². The monoisotopic (exact) mass is 340 g/mol. The minimum Gasteiger partial charge on any atom is -0.324 e. The van der Waals surface area contributed by atoms with Gasteiger partial charge in [0.05, 0.1) is 16.6 Å². The van der Waals surface area contributed by atoms with Gasteiger partial charge in [-0.25, -0.2) is 9.97 Å². The van der Waals surface area contributed by atoms with Crippen LogP contribution in [0.15, 0.2) is 36.4 Å². The first-order valence-electron chi connectivity index (χ1n) is 8.03. The van der Waals surface area contributed by atoms with E-state index in [-0.39, 0.29) is 0 Å². The molecule has 0 amide bonds. The van der Waals surface area contributed by atoms with Crippen molar-refractivity contribution in [2.45, 2.75) is 20.4 Å². The Hall–Kier alpha value is -2.17. The number of nitrogens with one attached hydrogen (secondary N) is 1. The van der Waals surface area contributed by atoms with Crippen LogP contribution in [0.5, 0.6) is 0 Å². The number of fused-ring (bicyclic) bond motifs is 4. The normalized spacial score (nSPS) is 11.0. The van der Waals surface area contributed by atoms with E-state index in [4.69, 9.17) is 21.6 Å². The van der Waals surface area contributed by atoms with Crippen LogP contribution in [0.1, 0.15) is 12.5 Å². The second-order valence-corrected chi connectivity index (χ2v) is 6.23. The lowest BCUT2D eigenvalue weighted by Gasteiger charge is -2.03. The van der Waals surface area contributed by atoms with Crippen LogP contribution in [0.2, 0.25) is 5.02 Å². The molecule has 1 N–H and O–H groups in total. The van der Waals surface area contributed by atoms with Gasteiger partial charge in [0.15, 0.2) is 5.65 Å². The maximum Gasteiger partial charge on any atom is 0.160 e. The number of rotatable bonds is 1. The molecule has 24 heavy (non-hydrogen) atoms. The van der Waals surface area contributed by atoms with Crippen molar-refractivity contribution in [3.63, 3.8) is 0 Å². The third-order valence-electron chi connectivity index (χ3n) is 3.88. The van der Waals surface area contributed by atoms with Crippen molar-refractivity contribution in [1.82, 2.24) is 19.9 Å². The van der Waals surface area contributed by atoms with E-state index in [1.807, 2.05) is 38.4 Å². The van der Waals surface area contributed by atoms with Crippen molar-refractivity contribution in [3.8, 4) is 0 Å². The number of hydrogen-bond acceptors (Lipinski definition) is 3. The largest absolute Gasteiger partial charge is 0.324 e. The quantitative estimate of drug-likeness (QED) is 0.552. The van der Waals surface area contributed by atoms with Gasteiger partial charge < -0.3 is 9.88 Å². The molecule has 0 spiro atoms. The Morgan fingerprint density at radius 1 is 1.04 bits per heavy atom.